The van der Waals surface area contributed by atoms with Crippen LogP contribution < -0.4 is 0 Å². The zero-order valence-electron chi connectivity index (χ0n) is 45.8. The third-order valence-electron chi connectivity index (χ3n) is 18.9. The Morgan fingerprint density at radius 3 is 1.60 bits per heavy atom. The molecule has 4 heterocycles. The van der Waals surface area contributed by atoms with Crippen LogP contribution in [0.2, 0.25) is 0 Å². The Morgan fingerprint density at radius 2 is 0.841 bits per heavy atom. The lowest BCUT2D eigenvalue weighted by Gasteiger charge is -2.24. The summed E-state index contributed by atoms with van der Waals surface area (Å²) in [6.07, 6.45) is 0. The Hall–Kier alpha value is -9.74. The zero-order chi connectivity index (χ0) is 54.3. The fourth-order valence-corrected chi connectivity index (χ4v) is 16.4. The van der Waals surface area contributed by atoms with Gasteiger partial charge >= 0.3 is 0 Å². The van der Waals surface area contributed by atoms with Gasteiger partial charge in [0, 0.05) is 80.3 Å². The van der Waals surface area contributed by atoms with Gasteiger partial charge in [0.25, 0.3) is 0 Å². The van der Waals surface area contributed by atoms with E-state index in [0.29, 0.717) is 0 Å². The first-order chi connectivity index (χ1) is 40.2. The summed E-state index contributed by atoms with van der Waals surface area (Å²) in [6.45, 7) is 9.68. The number of aromatic nitrogens is 2. The predicted molar refractivity (Wildman–Crippen MR) is 347 cm³/mol. The molecule has 0 atom stereocenters. The van der Waals surface area contributed by atoms with E-state index in [1.54, 1.807) is 0 Å². The normalized spacial score (nSPS) is 14.0. The van der Waals surface area contributed by atoms with Crippen LogP contribution in [-0.2, 0) is 10.8 Å². The van der Waals surface area contributed by atoms with Gasteiger partial charge in [0.05, 0.1) is 22.1 Å². The van der Waals surface area contributed by atoms with Crippen molar-refractivity contribution >= 4 is 97.1 Å². The molecule has 3 nitrogen and oxygen atoms in total. The van der Waals surface area contributed by atoms with Gasteiger partial charge in [-0.2, -0.15) is 0 Å². The third-order valence-corrected chi connectivity index (χ3v) is 20.1. The van der Waals surface area contributed by atoms with E-state index >= 15 is 0 Å². The van der Waals surface area contributed by atoms with Crippen LogP contribution in [0.25, 0.3) is 153 Å². The van der Waals surface area contributed by atoms with Crippen molar-refractivity contribution in [2.24, 2.45) is 0 Å². The SMILES string of the molecule is CC1(C)c2ccc(-c3ccc4c5ccc6c(c5n(-c5ccc(-c7cccc8c7sc7ccccc78)cc5)c4c3)C(C)(C)c3ccccc3-6)cc2-c2ccc3c4ccccc4n(-c4ccc(-c5cccc6c5oc5ccccc56)cc4)c3c21. The summed E-state index contributed by atoms with van der Waals surface area (Å²) in [4.78, 5) is 0. The molecule has 2 aliphatic carbocycles. The number of para-hydroxylation sites is 3. The molecule has 0 radical (unpaired) electrons. The molecule has 82 heavy (non-hydrogen) atoms. The summed E-state index contributed by atoms with van der Waals surface area (Å²) in [7, 11) is 0. The Kier molecular flexibility index (Phi) is 9.24. The van der Waals surface area contributed by atoms with Gasteiger partial charge < -0.3 is 13.6 Å². The van der Waals surface area contributed by atoms with Gasteiger partial charge in [-0.3, -0.25) is 0 Å². The summed E-state index contributed by atoms with van der Waals surface area (Å²) in [6, 6.07) is 90.8. The van der Waals surface area contributed by atoms with Gasteiger partial charge in [-0.25, -0.2) is 0 Å². The van der Waals surface area contributed by atoms with E-state index in [9.17, 15) is 0 Å². The predicted octanol–water partition coefficient (Wildman–Crippen LogP) is 21.8. The van der Waals surface area contributed by atoms with E-state index in [1.807, 2.05) is 17.4 Å². The summed E-state index contributed by atoms with van der Waals surface area (Å²) in [5, 5.41) is 10.00. The second kappa shape index (κ2) is 16.4. The molecular weight excluding hydrogens is 1010 g/mol. The molecule has 2 aliphatic rings. The van der Waals surface area contributed by atoms with Crippen molar-refractivity contribution in [2.45, 2.75) is 38.5 Å². The molecule has 0 unspecified atom stereocenters. The van der Waals surface area contributed by atoms with Crippen molar-refractivity contribution < 1.29 is 4.42 Å². The van der Waals surface area contributed by atoms with E-state index in [-0.39, 0.29) is 10.8 Å². The van der Waals surface area contributed by atoms with Crippen LogP contribution in [0, 0.1) is 0 Å². The molecule has 12 aromatic carbocycles. The molecule has 0 spiro atoms. The average Bonchev–Trinajstić information content (AvgIpc) is 3.06. The monoisotopic (exact) mass is 1060 g/mol. The van der Waals surface area contributed by atoms with Crippen molar-refractivity contribution in [2.75, 3.05) is 0 Å². The summed E-state index contributed by atoms with van der Waals surface area (Å²) in [5.74, 6) is 0. The average molecular weight is 1070 g/mol. The van der Waals surface area contributed by atoms with Crippen molar-refractivity contribution in [3.8, 4) is 67.0 Å². The van der Waals surface area contributed by atoms with Gasteiger partial charge in [0.2, 0.25) is 0 Å². The molecule has 386 valence electrons. The summed E-state index contributed by atoms with van der Waals surface area (Å²) >= 11 is 1.89. The highest BCUT2D eigenvalue weighted by Crippen LogP contribution is 2.56. The molecule has 0 saturated carbocycles. The lowest BCUT2D eigenvalue weighted by molar-refractivity contribution is 0.663. The molecule has 0 saturated heterocycles. The minimum Gasteiger partial charge on any atom is -0.455 e. The number of benzene rings is 12. The van der Waals surface area contributed by atoms with Crippen LogP contribution in [0.3, 0.4) is 0 Å². The molecular formula is C78H52N2OS. The molecule has 18 rings (SSSR count). The van der Waals surface area contributed by atoms with Gasteiger partial charge in [0.15, 0.2) is 0 Å². The second-order valence-corrected chi connectivity index (χ2v) is 25.0. The largest absolute Gasteiger partial charge is 0.455 e. The van der Waals surface area contributed by atoms with Crippen LogP contribution in [0.1, 0.15) is 49.9 Å². The minimum atomic E-state index is -0.276. The number of fused-ring (bicyclic) bond motifs is 20. The smallest absolute Gasteiger partial charge is 0.143 e. The van der Waals surface area contributed by atoms with Crippen LogP contribution in [-0.4, -0.2) is 9.13 Å². The molecule has 4 heteroatoms. The number of rotatable bonds is 5. The quantitative estimate of drug-likeness (QED) is 0.168. The number of nitrogens with zero attached hydrogens (tertiary/aromatic N) is 2. The fraction of sp³-hybridized carbons (Fsp3) is 0.0769. The lowest BCUT2D eigenvalue weighted by atomic mass is 9.81. The first-order valence-corrected chi connectivity index (χ1v) is 29.5. The Balaban J connectivity index is 0.794. The van der Waals surface area contributed by atoms with E-state index in [0.717, 1.165) is 44.4 Å². The molecule has 0 aliphatic heterocycles. The van der Waals surface area contributed by atoms with Crippen molar-refractivity contribution in [3.05, 3.63) is 265 Å². The maximum atomic E-state index is 6.51. The van der Waals surface area contributed by atoms with E-state index in [4.69, 9.17) is 4.42 Å². The first kappa shape index (κ1) is 46.1. The maximum Gasteiger partial charge on any atom is 0.143 e. The third kappa shape index (κ3) is 6.14. The summed E-state index contributed by atoms with van der Waals surface area (Å²) in [5.41, 5.74) is 26.5. The van der Waals surface area contributed by atoms with Gasteiger partial charge in [0.1, 0.15) is 11.2 Å². The Labute approximate surface area is 478 Å². The Bertz CT molecular complexity index is 5440. The zero-order valence-corrected chi connectivity index (χ0v) is 46.6. The minimum absolute atomic E-state index is 0.205. The van der Waals surface area contributed by atoms with Crippen molar-refractivity contribution in [1.29, 1.82) is 0 Å². The van der Waals surface area contributed by atoms with Gasteiger partial charge in [-0.05, 0) is 127 Å². The van der Waals surface area contributed by atoms with Crippen LogP contribution in [0.4, 0.5) is 0 Å². The number of hydrogen-bond donors (Lipinski definition) is 0. The van der Waals surface area contributed by atoms with Crippen molar-refractivity contribution in [3.63, 3.8) is 0 Å². The van der Waals surface area contributed by atoms with Gasteiger partial charge in [-0.1, -0.05) is 216 Å². The van der Waals surface area contributed by atoms with Crippen LogP contribution >= 0.6 is 11.3 Å². The number of hydrogen-bond acceptors (Lipinski definition) is 2. The summed E-state index contributed by atoms with van der Waals surface area (Å²) < 4.78 is 14.3. The molecule has 16 aromatic rings. The number of thiophene rings is 1. The number of furan rings is 1. The standard InChI is InChI=1S/C78H52N2OS/c1-77(2)65-23-9-5-15-53(65)58-38-40-61-55-37-31-48(44-68(55)80(74(61)71(58)77)50-35-29-46(30-36-50)52-20-14-22-63-57-18-8-12-26-70(57)82-76(52)63)47-32-42-66-64(43-47)59-39-41-60-54-16-6-10-24-67(54)79(73(60)72(59)78(66,3)4)49-33-27-45(28-34-49)51-19-13-21-62-56-17-7-11-25-69(56)81-75(51)62/h5-44H,1-4H3. The highest BCUT2D eigenvalue weighted by atomic mass is 32.1. The highest BCUT2D eigenvalue weighted by Gasteiger charge is 2.40. The molecule has 4 aromatic heterocycles. The van der Waals surface area contributed by atoms with Crippen molar-refractivity contribution in [1.82, 2.24) is 9.13 Å². The van der Waals surface area contributed by atoms with Gasteiger partial charge in [-0.15, -0.1) is 11.3 Å². The molecule has 0 amide bonds. The lowest BCUT2D eigenvalue weighted by Crippen LogP contribution is -2.16. The molecule has 0 bridgehead atoms. The highest BCUT2D eigenvalue weighted by molar-refractivity contribution is 7.26. The van der Waals surface area contributed by atoms with Crippen LogP contribution in [0.15, 0.2) is 247 Å². The topological polar surface area (TPSA) is 23.0 Å². The van der Waals surface area contributed by atoms with E-state index in [1.165, 1.54) is 131 Å². The van der Waals surface area contributed by atoms with E-state index < -0.39 is 0 Å². The van der Waals surface area contributed by atoms with Crippen LogP contribution in [0.5, 0.6) is 0 Å². The molecule has 0 N–H and O–H groups in total. The van der Waals surface area contributed by atoms with E-state index in [2.05, 4.69) is 273 Å². The fourth-order valence-electron chi connectivity index (χ4n) is 15.1. The first-order valence-electron chi connectivity index (χ1n) is 28.6. The second-order valence-electron chi connectivity index (χ2n) is 23.9. The Morgan fingerprint density at radius 1 is 0.329 bits per heavy atom. The molecule has 0 fully saturated rings. The maximum absolute atomic E-state index is 6.51.